The van der Waals surface area contributed by atoms with Gasteiger partial charge in [0.15, 0.2) is 8.32 Å². The van der Waals surface area contributed by atoms with E-state index in [-0.39, 0.29) is 16.4 Å². The Morgan fingerprint density at radius 2 is 1.91 bits per heavy atom. The minimum Gasteiger partial charge on any atom is -0.413 e. The Morgan fingerprint density at radius 1 is 1.18 bits per heavy atom. The zero-order valence-corrected chi connectivity index (χ0v) is 23.8. The summed E-state index contributed by atoms with van der Waals surface area (Å²) in [5.41, 5.74) is 1.32. The van der Waals surface area contributed by atoms with E-state index in [0.717, 1.165) is 37.0 Å². The fraction of sp³-hybridized carbons (Fsp3) is 0.867. The summed E-state index contributed by atoms with van der Waals surface area (Å²) < 4.78 is 6.45. The molecule has 0 saturated heterocycles. The maximum Gasteiger partial charge on any atom is 0.184 e. The highest BCUT2D eigenvalue weighted by Gasteiger charge is 2.60. The zero-order chi connectivity index (χ0) is 24.3. The highest BCUT2D eigenvalue weighted by molar-refractivity contribution is 6.69. The summed E-state index contributed by atoms with van der Waals surface area (Å²) in [5, 5.41) is 11.9. The molecule has 0 bridgehead atoms. The first-order valence-electron chi connectivity index (χ1n) is 14.0. The van der Waals surface area contributed by atoms with Crippen LogP contribution in [0.3, 0.4) is 0 Å². The van der Waals surface area contributed by atoms with Crippen LogP contribution in [0.5, 0.6) is 0 Å². The third-order valence-corrected chi connectivity index (χ3v) is 11.5. The molecule has 0 heterocycles. The standard InChI is InChI=1S/C30H52O2Si/c1-22(11-9-16-27(3,4)32-33(6,7)8)25-14-15-26-28(25,5)17-10-18-30(26,31)20-19-29-21-24(29)13-12-23(29)2/h19-20,22,24-26,31H,2,9-18,21H2,1,3-8H3/b20-19+/t22-,24-,25-,26-,28-,29-,30-/m1/s1. The van der Waals surface area contributed by atoms with Crippen molar-refractivity contribution >= 4 is 8.32 Å². The normalized spacial score (nSPS) is 41.9. The highest BCUT2D eigenvalue weighted by Crippen LogP contribution is 2.68. The van der Waals surface area contributed by atoms with Crippen LogP contribution in [-0.4, -0.2) is 24.6 Å². The summed E-state index contributed by atoms with van der Waals surface area (Å²) in [7, 11) is -1.51. The molecule has 7 atom stereocenters. The van der Waals surface area contributed by atoms with Crippen LogP contribution in [0.15, 0.2) is 24.3 Å². The molecule has 4 saturated carbocycles. The van der Waals surface area contributed by atoms with Crippen molar-refractivity contribution in [3.63, 3.8) is 0 Å². The van der Waals surface area contributed by atoms with Gasteiger partial charge in [0.05, 0.1) is 11.2 Å². The van der Waals surface area contributed by atoms with Crippen molar-refractivity contribution in [3.05, 3.63) is 24.3 Å². The zero-order valence-electron chi connectivity index (χ0n) is 22.8. The van der Waals surface area contributed by atoms with Crippen LogP contribution in [0, 0.1) is 34.5 Å². The average Bonchev–Trinajstić information content (AvgIpc) is 3.15. The van der Waals surface area contributed by atoms with Gasteiger partial charge in [-0.15, -0.1) is 0 Å². The molecule has 2 nitrogen and oxygen atoms in total. The summed E-state index contributed by atoms with van der Waals surface area (Å²) in [4.78, 5) is 0. The minimum absolute atomic E-state index is 0.00742. The number of rotatable bonds is 9. The van der Waals surface area contributed by atoms with Gasteiger partial charge >= 0.3 is 0 Å². The second-order valence-electron chi connectivity index (χ2n) is 14.3. The molecule has 3 heteroatoms. The summed E-state index contributed by atoms with van der Waals surface area (Å²) in [6.45, 7) is 20.8. The number of allylic oxidation sites excluding steroid dienone is 2. The van der Waals surface area contributed by atoms with Crippen molar-refractivity contribution in [1.29, 1.82) is 0 Å². The van der Waals surface area contributed by atoms with E-state index in [9.17, 15) is 5.11 Å². The van der Waals surface area contributed by atoms with Gasteiger partial charge in [-0.1, -0.05) is 51.0 Å². The predicted octanol–water partition coefficient (Wildman–Crippen LogP) is 8.28. The molecule has 0 spiro atoms. The molecule has 0 radical (unpaired) electrons. The van der Waals surface area contributed by atoms with Gasteiger partial charge in [0, 0.05) is 5.41 Å². The van der Waals surface area contributed by atoms with Crippen LogP contribution in [0.2, 0.25) is 19.6 Å². The molecule has 0 aliphatic heterocycles. The molecule has 0 aromatic heterocycles. The van der Waals surface area contributed by atoms with Crippen LogP contribution in [0.4, 0.5) is 0 Å². The lowest BCUT2D eigenvalue weighted by atomic mass is 9.57. The summed E-state index contributed by atoms with van der Waals surface area (Å²) >= 11 is 0. The van der Waals surface area contributed by atoms with Gasteiger partial charge in [0.2, 0.25) is 0 Å². The summed E-state index contributed by atoms with van der Waals surface area (Å²) in [6, 6.07) is 0. The fourth-order valence-electron chi connectivity index (χ4n) is 8.77. The van der Waals surface area contributed by atoms with E-state index in [4.69, 9.17) is 4.43 Å². The second-order valence-corrected chi connectivity index (χ2v) is 18.8. The van der Waals surface area contributed by atoms with Gasteiger partial charge in [-0.05, 0) is 120 Å². The molecule has 0 aromatic rings. The maximum atomic E-state index is 11.9. The van der Waals surface area contributed by atoms with Crippen LogP contribution < -0.4 is 0 Å². The Kier molecular flexibility index (Phi) is 6.72. The first-order valence-corrected chi connectivity index (χ1v) is 17.4. The minimum atomic E-state index is -1.51. The molecule has 0 amide bonds. The third-order valence-electron chi connectivity index (χ3n) is 10.3. The number of hydrogen-bond acceptors (Lipinski definition) is 2. The van der Waals surface area contributed by atoms with Crippen molar-refractivity contribution in [2.45, 2.75) is 129 Å². The molecular formula is C30H52O2Si. The van der Waals surface area contributed by atoms with E-state index in [1.165, 1.54) is 56.9 Å². The highest BCUT2D eigenvalue weighted by atomic mass is 28.4. The smallest absolute Gasteiger partial charge is 0.184 e. The number of hydrogen-bond donors (Lipinski definition) is 1. The van der Waals surface area contributed by atoms with Gasteiger partial charge in [-0.25, -0.2) is 0 Å². The SMILES string of the molecule is C=C1CC[C@@H]2C[C@]12/C=C/[C@]1(O)CCC[C@]2(C)[C@@H]([C@H](C)CCCC(C)(C)O[Si](C)(C)C)CC[C@H]21. The largest absolute Gasteiger partial charge is 0.413 e. The number of aliphatic hydroxyl groups is 1. The van der Waals surface area contributed by atoms with Crippen molar-refractivity contribution in [1.82, 2.24) is 0 Å². The Bertz CT molecular complexity index is 779. The Hall–Kier alpha value is -0.383. The quantitative estimate of drug-likeness (QED) is 0.270. The summed E-state index contributed by atoms with van der Waals surface area (Å²) in [5.74, 6) is 2.68. The molecule has 4 aliphatic rings. The first-order chi connectivity index (χ1) is 15.2. The van der Waals surface area contributed by atoms with Gasteiger partial charge in [0.1, 0.15) is 0 Å². The van der Waals surface area contributed by atoms with E-state index in [0.29, 0.717) is 5.92 Å². The van der Waals surface area contributed by atoms with Crippen molar-refractivity contribution in [2.75, 3.05) is 0 Å². The fourth-order valence-corrected chi connectivity index (χ4v) is 10.5. The summed E-state index contributed by atoms with van der Waals surface area (Å²) in [6.07, 6.45) is 18.0. The van der Waals surface area contributed by atoms with E-state index >= 15 is 0 Å². The van der Waals surface area contributed by atoms with Gasteiger partial charge < -0.3 is 9.53 Å². The Balaban J connectivity index is 1.38. The first kappa shape index (κ1) is 25.7. The molecule has 0 aromatic carbocycles. The van der Waals surface area contributed by atoms with Crippen molar-refractivity contribution in [3.8, 4) is 0 Å². The lowest BCUT2D eigenvalue weighted by Crippen LogP contribution is -2.49. The van der Waals surface area contributed by atoms with Crippen LogP contribution in [0.1, 0.15) is 98.3 Å². The Labute approximate surface area is 205 Å². The molecule has 1 N–H and O–H groups in total. The molecule has 4 rings (SSSR count). The molecule has 0 unspecified atom stereocenters. The monoisotopic (exact) mass is 472 g/mol. The third kappa shape index (κ3) is 4.98. The van der Waals surface area contributed by atoms with Gasteiger partial charge in [-0.2, -0.15) is 0 Å². The Morgan fingerprint density at radius 3 is 2.52 bits per heavy atom. The molecule has 33 heavy (non-hydrogen) atoms. The lowest BCUT2D eigenvalue weighted by molar-refractivity contribution is -0.0783. The van der Waals surface area contributed by atoms with E-state index in [1.807, 2.05) is 0 Å². The van der Waals surface area contributed by atoms with Crippen molar-refractivity contribution in [2.24, 2.45) is 34.5 Å². The maximum absolute atomic E-state index is 11.9. The van der Waals surface area contributed by atoms with Crippen molar-refractivity contribution < 1.29 is 9.53 Å². The topological polar surface area (TPSA) is 29.5 Å². The second kappa shape index (κ2) is 8.63. The van der Waals surface area contributed by atoms with Gasteiger partial charge in [0.25, 0.3) is 0 Å². The van der Waals surface area contributed by atoms with E-state index < -0.39 is 13.9 Å². The van der Waals surface area contributed by atoms with Crippen LogP contribution in [0.25, 0.3) is 0 Å². The van der Waals surface area contributed by atoms with E-state index in [1.54, 1.807) is 0 Å². The molecule has 188 valence electrons. The number of fused-ring (bicyclic) bond motifs is 2. The lowest BCUT2D eigenvalue weighted by Gasteiger charge is -2.50. The van der Waals surface area contributed by atoms with Gasteiger partial charge in [-0.3, -0.25) is 0 Å². The van der Waals surface area contributed by atoms with Crippen LogP contribution in [-0.2, 0) is 4.43 Å². The average molecular weight is 473 g/mol. The molecule has 4 aliphatic carbocycles. The van der Waals surface area contributed by atoms with E-state index in [2.05, 4.69) is 66.1 Å². The van der Waals surface area contributed by atoms with Crippen LogP contribution >= 0.6 is 0 Å². The predicted molar refractivity (Wildman–Crippen MR) is 143 cm³/mol. The molecule has 4 fully saturated rings. The molecular weight excluding hydrogens is 420 g/mol.